The van der Waals surface area contributed by atoms with Gasteiger partial charge < -0.3 is 9.64 Å². The van der Waals surface area contributed by atoms with E-state index < -0.39 is 0 Å². The van der Waals surface area contributed by atoms with Crippen LogP contribution in [-0.2, 0) is 4.74 Å². The molecular formula is C15H22BrNO. The van der Waals surface area contributed by atoms with Crippen LogP contribution in [-0.4, -0.2) is 42.6 Å². The molecule has 1 aliphatic heterocycles. The summed E-state index contributed by atoms with van der Waals surface area (Å²) in [6.07, 6.45) is 1.51. The van der Waals surface area contributed by atoms with Gasteiger partial charge in [0.25, 0.3) is 0 Å². The van der Waals surface area contributed by atoms with Gasteiger partial charge in [0.1, 0.15) is 0 Å². The summed E-state index contributed by atoms with van der Waals surface area (Å²) in [5, 5.41) is 1.02. The first kappa shape index (κ1) is 14.0. The molecule has 100 valence electrons. The molecule has 2 unspecified atom stereocenters. The van der Waals surface area contributed by atoms with Crippen molar-refractivity contribution in [3.8, 4) is 0 Å². The third-order valence-electron chi connectivity index (χ3n) is 3.47. The second kappa shape index (κ2) is 7.27. The van der Waals surface area contributed by atoms with Crippen LogP contribution in [0.5, 0.6) is 0 Å². The Balaban J connectivity index is 1.97. The Morgan fingerprint density at radius 2 is 2.17 bits per heavy atom. The SMILES string of the molecule is CC1CN(CC(CBr)c2ccccc2)CCCO1. The lowest BCUT2D eigenvalue weighted by atomic mass is 10.0. The Kier molecular flexibility index (Phi) is 5.67. The first-order valence-corrected chi connectivity index (χ1v) is 7.86. The Morgan fingerprint density at radius 1 is 1.39 bits per heavy atom. The van der Waals surface area contributed by atoms with E-state index in [1.807, 2.05) is 0 Å². The third-order valence-corrected chi connectivity index (χ3v) is 4.25. The summed E-state index contributed by atoms with van der Waals surface area (Å²) in [6.45, 7) is 6.39. The number of rotatable bonds is 4. The fourth-order valence-corrected chi connectivity index (χ4v) is 3.10. The monoisotopic (exact) mass is 311 g/mol. The molecule has 1 aromatic rings. The van der Waals surface area contributed by atoms with Crippen LogP contribution in [0.3, 0.4) is 0 Å². The van der Waals surface area contributed by atoms with E-state index in [2.05, 4.69) is 58.1 Å². The van der Waals surface area contributed by atoms with Crippen molar-refractivity contribution in [1.82, 2.24) is 4.90 Å². The molecule has 1 fully saturated rings. The molecule has 0 saturated carbocycles. The number of halogens is 1. The van der Waals surface area contributed by atoms with Crippen molar-refractivity contribution in [1.29, 1.82) is 0 Å². The predicted octanol–water partition coefficient (Wildman–Crippen LogP) is 3.28. The zero-order valence-corrected chi connectivity index (χ0v) is 12.6. The summed E-state index contributed by atoms with van der Waals surface area (Å²) in [5.74, 6) is 0.566. The molecule has 0 amide bonds. The molecule has 1 saturated heterocycles. The molecule has 1 aliphatic rings. The van der Waals surface area contributed by atoms with Crippen molar-refractivity contribution >= 4 is 15.9 Å². The first-order valence-electron chi connectivity index (χ1n) is 6.74. The number of hydrogen-bond acceptors (Lipinski definition) is 2. The number of ether oxygens (including phenoxy) is 1. The number of nitrogens with zero attached hydrogens (tertiary/aromatic N) is 1. The van der Waals surface area contributed by atoms with Crippen molar-refractivity contribution in [2.75, 3.05) is 31.6 Å². The minimum atomic E-state index is 0.360. The molecule has 2 rings (SSSR count). The molecule has 0 aromatic heterocycles. The first-order chi connectivity index (χ1) is 8.79. The Morgan fingerprint density at radius 3 is 2.89 bits per heavy atom. The normalized spacial score (nSPS) is 23.6. The Bertz CT molecular complexity index is 344. The fraction of sp³-hybridized carbons (Fsp3) is 0.600. The van der Waals surface area contributed by atoms with Gasteiger partial charge in [0.15, 0.2) is 0 Å². The van der Waals surface area contributed by atoms with Crippen LogP contribution in [0.1, 0.15) is 24.8 Å². The van der Waals surface area contributed by atoms with E-state index in [-0.39, 0.29) is 0 Å². The van der Waals surface area contributed by atoms with Crippen molar-refractivity contribution in [3.05, 3.63) is 35.9 Å². The number of alkyl halides is 1. The molecule has 1 heterocycles. The Labute approximate surface area is 118 Å². The number of hydrogen-bond donors (Lipinski definition) is 0. The molecule has 2 atom stereocenters. The average molecular weight is 312 g/mol. The van der Waals surface area contributed by atoms with Crippen LogP contribution < -0.4 is 0 Å². The summed E-state index contributed by atoms with van der Waals surface area (Å²) in [7, 11) is 0. The predicted molar refractivity (Wildman–Crippen MR) is 79.4 cm³/mol. The van der Waals surface area contributed by atoms with Crippen LogP contribution in [0.4, 0.5) is 0 Å². The van der Waals surface area contributed by atoms with Gasteiger partial charge in [-0.2, -0.15) is 0 Å². The highest BCUT2D eigenvalue weighted by Crippen LogP contribution is 2.20. The zero-order chi connectivity index (χ0) is 12.8. The lowest BCUT2D eigenvalue weighted by Crippen LogP contribution is -2.34. The lowest BCUT2D eigenvalue weighted by molar-refractivity contribution is 0.0672. The summed E-state index contributed by atoms with van der Waals surface area (Å²) < 4.78 is 5.70. The maximum Gasteiger partial charge on any atom is 0.0673 e. The van der Waals surface area contributed by atoms with Crippen LogP contribution in [0.2, 0.25) is 0 Å². The highest BCUT2D eigenvalue weighted by molar-refractivity contribution is 9.09. The second-order valence-corrected chi connectivity index (χ2v) is 5.70. The van der Waals surface area contributed by atoms with Crippen LogP contribution in [0.15, 0.2) is 30.3 Å². The summed E-state index contributed by atoms with van der Waals surface area (Å²) in [4.78, 5) is 2.54. The van der Waals surface area contributed by atoms with Gasteiger partial charge in [-0.3, -0.25) is 0 Å². The van der Waals surface area contributed by atoms with E-state index >= 15 is 0 Å². The van der Waals surface area contributed by atoms with Gasteiger partial charge in [-0.25, -0.2) is 0 Å². The molecule has 0 spiro atoms. The average Bonchev–Trinajstić information content (AvgIpc) is 2.61. The number of benzene rings is 1. The maximum atomic E-state index is 5.70. The highest BCUT2D eigenvalue weighted by Gasteiger charge is 2.19. The van der Waals surface area contributed by atoms with Crippen LogP contribution in [0, 0.1) is 0 Å². The van der Waals surface area contributed by atoms with Crippen molar-refractivity contribution in [3.63, 3.8) is 0 Å². The van der Waals surface area contributed by atoms with Gasteiger partial charge in [0.2, 0.25) is 0 Å². The van der Waals surface area contributed by atoms with Gasteiger partial charge in [-0.1, -0.05) is 46.3 Å². The molecule has 2 nitrogen and oxygen atoms in total. The summed E-state index contributed by atoms with van der Waals surface area (Å²) in [5.41, 5.74) is 1.42. The van der Waals surface area contributed by atoms with E-state index in [0.717, 1.165) is 38.0 Å². The molecule has 0 aliphatic carbocycles. The standard InChI is InChI=1S/C15H22BrNO/c1-13-11-17(8-5-9-18-13)12-15(10-16)14-6-3-2-4-7-14/h2-4,6-7,13,15H,5,8-12H2,1H3. The van der Waals surface area contributed by atoms with Crippen LogP contribution in [0.25, 0.3) is 0 Å². The van der Waals surface area contributed by atoms with Gasteiger partial charge in [0.05, 0.1) is 6.10 Å². The molecule has 0 bridgehead atoms. The molecule has 0 N–H and O–H groups in total. The van der Waals surface area contributed by atoms with Crippen molar-refractivity contribution in [2.24, 2.45) is 0 Å². The topological polar surface area (TPSA) is 12.5 Å². The van der Waals surface area contributed by atoms with Crippen molar-refractivity contribution < 1.29 is 4.74 Å². The smallest absolute Gasteiger partial charge is 0.0673 e. The van der Waals surface area contributed by atoms with E-state index in [9.17, 15) is 0 Å². The fourth-order valence-electron chi connectivity index (χ4n) is 2.53. The van der Waals surface area contributed by atoms with E-state index in [4.69, 9.17) is 4.74 Å². The lowest BCUT2D eigenvalue weighted by Gasteiger charge is -2.26. The minimum absolute atomic E-state index is 0.360. The van der Waals surface area contributed by atoms with E-state index in [1.54, 1.807) is 0 Å². The zero-order valence-electron chi connectivity index (χ0n) is 11.0. The van der Waals surface area contributed by atoms with Gasteiger partial charge in [-0.05, 0) is 18.9 Å². The maximum absolute atomic E-state index is 5.70. The van der Waals surface area contributed by atoms with E-state index in [1.165, 1.54) is 5.56 Å². The van der Waals surface area contributed by atoms with E-state index in [0.29, 0.717) is 12.0 Å². The van der Waals surface area contributed by atoms with Gasteiger partial charge in [-0.15, -0.1) is 0 Å². The minimum Gasteiger partial charge on any atom is -0.377 e. The Hall–Kier alpha value is -0.380. The molecular weight excluding hydrogens is 290 g/mol. The van der Waals surface area contributed by atoms with Gasteiger partial charge >= 0.3 is 0 Å². The van der Waals surface area contributed by atoms with Crippen LogP contribution >= 0.6 is 15.9 Å². The molecule has 0 radical (unpaired) electrons. The molecule has 3 heteroatoms. The summed E-state index contributed by atoms with van der Waals surface area (Å²) in [6, 6.07) is 10.8. The largest absolute Gasteiger partial charge is 0.377 e. The quantitative estimate of drug-likeness (QED) is 0.791. The second-order valence-electron chi connectivity index (χ2n) is 5.06. The van der Waals surface area contributed by atoms with Gasteiger partial charge in [0, 0.05) is 37.5 Å². The third kappa shape index (κ3) is 4.08. The molecule has 1 aromatic carbocycles. The summed E-state index contributed by atoms with van der Waals surface area (Å²) >= 11 is 3.66. The highest BCUT2D eigenvalue weighted by atomic mass is 79.9. The van der Waals surface area contributed by atoms with Crippen molar-refractivity contribution in [2.45, 2.75) is 25.4 Å². The molecule has 18 heavy (non-hydrogen) atoms.